The summed E-state index contributed by atoms with van der Waals surface area (Å²) in [6.07, 6.45) is 1.09. The zero-order valence-electron chi connectivity index (χ0n) is 9.87. The van der Waals surface area contributed by atoms with Crippen molar-refractivity contribution in [2.45, 2.75) is 19.8 Å². The molecule has 2 heterocycles. The van der Waals surface area contributed by atoms with Crippen LogP contribution in [0.1, 0.15) is 25.5 Å². The largest absolute Gasteiger partial charge is 0.304 e. The van der Waals surface area contributed by atoms with Crippen molar-refractivity contribution >= 4 is 15.9 Å². The second kappa shape index (κ2) is 4.97. The minimum Gasteiger partial charge on any atom is -0.304 e. The molecule has 18 heavy (non-hydrogen) atoms. The second-order valence-electron chi connectivity index (χ2n) is 4.13. The summed E-state index contributed by atoms with van der Waals surface area (Å²) in [7, 11) is 0. The maximum absolute atomic E-state index is 12.8. The molecular formula is C12H11BrFN3O. The third-order valence-corrected chi connectivity index (χ3v) is 3.17. The van der Waals surface area contributed by atoms with Crippen LogP contribution >= 0.6 is 15.9 Å². The summed E-state index contributed by atoms with van der Waals surface area (Å²) in [4.78, 5) is 22.6. The van der Waals surface area contributed by atoms with Gasteiger partial charge < -0.3 is 4.98 Å². The van der Waals surface area contributed by atoms with Crippen molar-refractivity contribution in [1.82, 2.24) is 15.0 Å². The smallest absolute Gasteiger partial charge is 0.265 e. The Bertz CT molecular complexity index is 622. The first kappa shape index (κ1) is 12.9. The van der Waals surface area contributed by atoms with Crippen molar-refractivity contribution in [2.24, 2.45) is 0 Å². The summed E-state index contributed by atoms with van der Waals surface area (Å²) < 4.78 is 13.2. The summed E-state index contributed by atoms with van der Waals surface area (Å²) in [6, 6.07) is 2.75. The SMILES string of the molecule is CC(C)c1nc(-c2ccc(F)cn2)[nH]c(=O)c1Br. The maximum atomic E-state index is 12.8. The molecule has 0 radical (unpaired) electrons. The molecule has 0 saturated heterocycles. The van der Waals surface area contributed by atoms with Crippen LogP contribution in [0.2, 0.25) is 0 Å². The number of hydrogen-bond acceptors (Lipinski definition) is 3. The Kier molecular flexibility index (Phi) is 3.56. The Labute approximate surface area is 111 Å². The first-order valence-corrected chi connectivity index (χ1v) is 6.20. The highest BCUT2D eigenvalue weighted by Crippen LogP contribution is 2.21. The first-order valence-electron chi connectivity index (χ1n) is 5.40. The van der Waals surface area contributed by atoms with Crippen LogP contribution in [0.3, 0.4) is 0 Å². The van der Waals surface area contributed by atoms with E-state index in [1.54, 1.807) is 0 Å². The van der Waals surface area contributed by atoms with Crippen molar-refractivity contribution in [1.29, 1.82) is 0 Å². The zero-order chi connectivity index (χ0) is 13.3. The molecule has 4 nitrogen and oxygen atoms in total. The zero-order valence-corrected chi connectivity index (χ0v) is 11.5. The molecule has 0 unspecified atom stereocenters. The van der Waals surface area contributed by atoms with E-state index >= 15 is 0 Å². The lowest BCUT2D eigenvalue weighted by Crippen LogP contribution is -2.14. The van der Waals surface area contributed by atoms with Gasteiger partial charge in [-0.3, -0.25) is 4.79 Å². The van der Waals surface area contributed by atoms with Gasteiger partial charge in [-0.25, -0.2) is 14.4 Å². The van der Waals surface area contributed by atoms with Crippen LogP contribution in [0.4, 0.5) is 4.39 Å². The Balaban J connectivity index is 2.59. The quantitative estimate of drug-likeness (QED) is 0.927. The van der Waals surface area contributed by atoms with Gasteiger partial charge in [0.25, 0.3) is 5.56 Å². The molecule has 2 aromatic heterocycles. The van der Waals surface area contributed by atoms with Crippen molar-refractivity contribution in [3.63, 3.8) is 0 Å². The van der Waals surface area contributed by atoms with E-state index in [0.29, 0.717) is 21.7 Å². The van der Waals surface area contributed by atoms with Gasteiger partial charge in [-0.05, 0) is 34.0 Å². The number of rotatable bonds is 2. The highest BCUT2D eigenvalue weighted by atomic mass is 79.9. The number of aromatic amines is 1. The average Bonchev–Trinajstić information content (AvgIpc) is 2.33. The number of nitrogens with zero attached hydrogens (tertiary/aromatic N) is 2. The highest BCUT2D eigenvalue weighted by Gasteiger charge is 2.13. The van der Waals surface area contributed by atoms with E-state index in [1.165, 1.54) is 12.1 Å². The number of halogens is 2. The van der Waals surface area contributed by atoms with E-state index < -0.39 is 5.82 Å². The molecule has 1 N–H and O–H groups in total. The van der Waals surface area contributed by atoms with E-state index in [1.807, 2.05) is 13.8 Å². The van der Waals surface area contributed by atoms with E-state index in [4.69, 9.17) is 0 Å². The van der Waals surface area contributed by atoms with Gasteiger partial charge in [-0.15, -0.1) is 0 Å². The summed E-state index contributed by atoms with van der Waals surface area (Å²) in [5, 5.41) is 0. The predicted molar refractivity (Wildman–Crippen MR) is 69.8 cm³/mol. The minimum absolute atomic E-state index is 0.0980. The van der Waals surface area contributed by atoms with Crippen molar-refractivity contribution in [3.8, 4) is 11.5 Å². The fourth-order valence-corrected chi connectivity index (χ4v) is 2.14. The van der Waals surface area contributed by atoms with E-state index in [9.17, 15) is 9.18 Å². The van der Waals surface area contributed by atoms with Gasteiger partial charge in [-0.2, -0.15) is 0 Å². The van der Waals surface area contributed by atoms with Crippen molar-refractivity contribution < 1.29 is 4.39 Å². The summed E-state index contributed by atoms with van der Waals surface area (Å²) in [5.41, 5.74) is 0.817. The van der Waals surface area contributed by atoms with Crippen LogP contribution in [0.25, 0.3) is 11.5 Å². The number of aromatic nitrogens is 3. The Morgan fingerprint density at radius 3 is 2.67 bits per heavy atom. The minimum atomic E-state index is -0.428. The van der Waals surface area contributed by atoms with Crippen LogP contribution in [-0.4, -0.2) is 15.0 Å². The van der Waals surface area contributed by atoms with E-state index in [2.05, 4.69) is 30.9 Å². The molecule has 0 aliphatic rings. The molecule has 6 heteroatoms. The van der Waals surface area contributed by atoms with Crippen LogP contribution in [0, 0.1) is 5.82 Å². The molecule has 2 rings (SSSR count). The molecule has 2 aromatic rings. The van der Waals surface area contributed by atoms with Crippen LogP contribution in [0.15, 0.2) is 27.6 Å². The summed E-state index contributed by atoms with van der Waals surface area (Å²) >= 11 is 3.21. The van der Waals surface area contributed by atoms with Crippen LogP contribution < -0.4 is 5.56 Å². The fourth-order valence-electron chi connectivity index (χ4n) is 1.50. The molecule has 0 spiro atoms. The van der Waals surface area contributed by atoms with Gasteiger partial charge in [0.05, 0.1) is 11.9 Å². The van der Waals surface area contributed by atoms with E-state index in [0.717, 1.165) is 6.20 Å². The van der Waals surface area contributed by atoms with Gasteiger partial charge >= 0.3 is 0 Å². The van der Waals surface area contributed by atoms with Crippen molar-refractivity contribution in [2.75, 3.05) is 0 Å². The Morgan fingerprint density at radius 2 is 2.11 bits per heavy atom. The molecule has 0 bridgehead atoms. The molecule has 94 valence electrons. The Hall–Kier alpha value is -1.56. The van der Waals surface area contributed by atoms with Crippen LogP contribution in [0.5, 0.6) is 0 Å². The third-order valence-electron chi connectivity index (χ3n) is 2.41. The Morgan fingerprint density at radius 1 is 1.39 bits per heavy atom. The second-order valence-corrected chi connectivity index (χ2v) is 4.92. The highest BCUT2D eigenvalue weighted by molar-refractivity contribution is 9.10. The van der Waals surface area contributed by atoms with Gasteiger partial charge in [0.15, 0.2) is 5.82 Å². The monoisotopic (exact) mass is 311 g/mol. The third kappa shape index (κ3) is 2.48. The lowest BCUT2D eigenvalue weighted by atomic mass is 10.1. The summed E-state index contributed by atoms with van der Waals surface area (Å²) in [6.45, 7) is 3.88. The van der Waals surface area contributed by atoms with E-state index in [-0.39, 0.29) is 11.5 Å². The van der Waals surface area contributed by atoms with Crippen LogP contribution in [-0.2, 0) is 0 Å². The topological polar surface area (TPSA) is 58.6 Å². The van der Waals surface area contributed by atoms with Gasteiger partial charge in [-0.1, -0.05) is 13.8 Å². The lowest BCUT2D eigenvalue weighted by molar-refractivity contribution is 0.621. The number of nitrogens with one attached hydrogen (secondary N) is 1. The average molecular weight is 312 g/mol. The molecule has 0 atom stereocenters. The molecule has 0 aliphatic carbocycles. The molecule has 0 fully saturated rings. The molecule has 0 aliphatic heterocycles. The van der Waals surface area contributed by atoms with Gasteiger partial charge in [0.1, 0.15) is 16.0 Å². The summed E-state index contributed by atoms with van der Waals surface area (Å²) in [5.74, 6) is 0.00932. The standard InChI is InChI=1S/C12H11BrFN3O/c1-6(2)10-9(13)12(18)17-11(16-10)8-4-3-7(14)5-15-8/h3-6H,1-2H3,(H,16,17,18). The predicted octanol–water partition coefficient (Wildman–Crippen LogP) is 2.86. The normalized spacial score (nSPS) is 10.9. The van der Waals surface area contributed by atoms with Gasteiger partial charge in [0, 0.05) is 0 Å². The molecule has 0 amide bonds. The molecule has 0 saturated carbocycles. The molecular weight excluding hydrogens is 301 g/mol. The molecule has 0 aromatic carbocycles. The number of hydrogen-bond donors (Lipinski definition) is 1. The van der Waals surface area contributed by atoms with Crippen molar-refractivity contribution in [3.05, 3.63) is 44.7 Å². The number of H-pyrrole nitrogens is 1. The maximum Gasteiger partial charge on any atom is 0.265 e. The fraction of sp³-hybridized carbons (Fsp3) is 0.250. The number of pyridine rings is 1. The van der Waals surface area contributed by atoms with Gasteiger partial charge in [0.2, 0.25) is 0 Å². The first-order chi connectivity index (χ1) is 8.49. The lowest BCUT2D eigenvalue weighted by Gasteiger charge is -2.08.